The van der Waals surface area contributed by atoms with Gasteiger partial charge in [0.25, 0.3) is 0 Å². The van der Waals surface area contributed by atoms with Gasteiger partial charge < -0.3 is 24.7 Å². The first-order valence-electron chi connectivity index (χ1n) is 10.7. The second-order valence-corrected chi connectivity index (χ2v) is 8.82. The fourth-order valence-electron chi connectivity index (χ4n) is 4.40. The molecule has 30 heavy (non-hydrogen) atoms. The SMILES string of the molecule is Cc1cccn2c(C(C)(C)NC(=O)[C@@H]3CN(C(=O)C4CCOCC4)CCN3)ncc12. The highest BCUT2D eigenvalue weighted by Crippen LogP contribution is 2.23. The monoisotopic (exact) mass is 413 g/mol. The fourth-order valence-corrected chi connectivity index (χ4v) is 4.40. The average Bonchev–Trinajstić information content (AvgIpc) is 3.20. The number of amides is 2. The minimum atomic E-state index is -0.661. The van der Waals surface area contributed by atoms with Crippen LogP contribution in [0.3, 0.4) is 0 Å². The summed E-state index contributed by atoms with van der Waals surface area (Å²) in [6.45, 7) is 8.86. The normalized spacial score (nSPS) is 21.0. The molecule has 2 fully saturated rings. The van der Waals surface area contributed by atoms with Crippen LogP contribution in [0, 0.1) is 12.8 Å². The quantitative estimate of drug-likeness (QED) is 0.787. The highest BCUT2D eigenvalue weighted by molar-refractivity contribution is 5.85. The van der Waals surface area contributed by atoms with Crippen molar-refractivity contribution in [1.82, 2.24) is 24.9 Å². The molecule has 2 aromatic rings. The van der Waals surface area contributed by atoms with Gasteiger partial charge in [0.1, 0.15) is 11.9 Å². The van der Waals surface area contributed by atoms with Crippen molar-refractivity contribution in [3.05, 3.63) is 35.9 Å². The zero-order valence-electron chi connectivity index (χ0n) is 18.0. The number of piperazine rings is 1. The summed E-state index contributed by atoms with van der Waals surface area (Å²) in [5.74, 6) is 0.817. The lowest BCUT2D eigenvalue weighted by molar-refractivity contribution is -0.141. The molecule has 162 valence electrons. The Hall–Kier alpha value is -2.45. The van der Waals surface area contributed by atoms with Crippen molar-refractivity contribution in [3.63, 3.8) is 0 Å². The first-order valence-corrected chi connectivity index (χ1v) is 10.7. The van der Waals surface area contributed by atoms with E-state index in [-0.39, 0.29) is 17.7 Å². The maximum absolute atomic E-state index is 13.1. The van der Waals surface area contributed by atoms with Crippen LogP contribution < -0.4 is 10.6 Å². The molecule has 0 saturated carbocycles. The van der Waals surface area contributed by atoms with E-state index in [1.54, 1.807) is 0 Å². The molecule has 2 aliphatic heterocycles. The van der Waals surface area contributed by atoms with E-state index < -0.39 is 11.6 Å². The molecule has 0 aromatic carbocycles. The molecule has 1 atom stereocenters. The van der Waals surface area contributed by atoms with Gasteiger partial charge in [-0.15, -0.1) is 0 Å². The Balaban J connectivity index is 1.44. The van der Waals surface area contributed by atoms with Crippen LogP contribution in [-0.4, -0.2) is 65.0 Å². The van der Waals surface area contributed by atoms with Gasteiger partial charge in [0.15, 0.2) is 0 Å². The highest BCUT2D eigenvalue weighted by atomic mass is 16.5. The van der Waals surface area contributed by atoms with E-state index >= 15 is 0 Å². The molecule has 2 amide bonds. The molecule has 8 nitrogen and oxygen atoms in total. The highest BCUT2D eigenvalue weighted by Gasteiger charge is 2.35. The van der Waals surface area contributed by atoms with Gasteiger partial charge in [0.2, 0.25) is 11.8 Å². The van der Waals surface area contributed by atoms with E-state index in [1.807, 2.05) is 54.6 Å². The minimum Gasteiger partial charge on any atom is -0.381 e. The van der Waals surface area contributed by atoms with Crippen LogP contribution in [0.5, 0.6) is 0 Å². The number of carbonyl (C=O) groups is 2. The van der Waals surface area contributed by atoms with Gasteiger partial charge in [-0.1, -0.05) is 6.07 Å². The summed E-state index contributed by atoms with van der Waals surface area (Å²) in [6, 6.07) is 3.59. The van der Waals surface area contributed by atoms with Crippen LogP contribution in [0.15, 0.2) is 24.5 Å². The summed E-state index contributed by atoms with van der Waals surface area (Å²) in [4.78, 5) is 32.4. The van der Waals surface area contributed by atoms with Gasteiger partial charge in [-0.2, -0.15) is 0 Å². The summed E-state index contributed by atoms with van der Waals surface area (Å²) >= 11 is 0. The maximum Gasteiger partial charge on any atom is 0.239 e. The van der Waals surface area contributed by atoms with Crippen molar-refractivity contribution < 1.29 is 14.3 Å². The van der Waals surface area contributed by atoms with E-state index in [0.29, 0.717) is 32.8 Å². The van der Waals surface area contributed by atoms with Crippen molar-refractivity contribution in [2.75, 3.05) is 32.8 Å². The molecule has 0 spiro atoms. The maximum atomic E-state index is 13.1. The summed E-state index contributed by atoms with van der Waals surface area (Å²) in [6.07, 6.45) is 5.33. The Labute approximate surface area is 177 Å². The number of carbonyl (C=O) groups excluding carboxylic acids is 2. The number of rotatable bonds is 4. The first-order chi connectivity index (χ1) is 14.4. The molecule has 2 N–H and O–H groups in total. The molecule has 0 aliphatic carbocycles. The van der Waals surface area contributed by atoms with Gasteiger partial charge in [0, 0.05) is 45.0 Å². The van der Waals surface area contributed by atoms with E-state index in [1.165, 1.54) is 0 Å². The third-order valence-corrected chi connectivity index (χ3v) is 6.15. The van der Waals surface area contributed by atoms with Crippen molar-refractivity contribution in [1.29, 1.82) is 0 Å². The van der Waals surface area contributed by atoms with Crippen LogP contribution in [0.1, 0.15) is 38.1 Å². The number of aromatic nitrogens is 2. The largest absolute Gasteiger partial charge is 0.381 e. The van der Waals surface area contributed by atoms with Crippen LogP contribution >= 0.6 is 0 Å². The molecule has 2 saturated heterocycles. The number of hydrogen-bond acceptors (Lipinski definition) is 5. The Morgan fingerprint density at radius 3 is 2.83 bits per heavy atom. The zero-order chi connectivity index (χ0) is 21.3. The van der Waals surface area contributed by atoms with E-state index in [9.17, 15) is 9.59 Å². The Morgan fingerprint density at radius 1 is 1.30 bits per heavy atom. The number of nitrogens with zero attached hydrogens (tertiary/aromatic N) is 3. The number of pyridine rings is 1. The number of hydrogen-bond donors (Lipinski definition) is 2. The minimum absolute atomic E-state index is 0.0107. The van der Waals surface area contributed by atoms with Crippen LogP contribution in [0.25, 0.3) is 5.52 Å². The van der Waals surface area contributed by atoms with Gasteiger partial charge >= 0.3 is 0 Å². The zero-order valence-corrected chi connectivity index (χ0v) is 18.0. The third-order valence-electron chi connectivity index (χ3n) is 6.15. The van der Waals surface area contributed by atoms with Crippen molar-refractivity contribution >= 4 is 17.3 Å². The number of imidazole rings is 1. The summed E-state index contributed by atoms with van der Waals surface area (Å²) in [5, 5.41) is 6.40. The molecule has 4 rings (SSSR count). The Bertz CT molecular complexity index is 932. The fraction of sp³-hybridized carbons (Fsp3) is 0.591. The molecule has 0 radical (unpaired) electrons. The lowest BCUT2D eigenvalue weighted by Crippen LogP contribution is -2.61. The lowest BCUT2D eigenvalue weighted by Gasteiger charge is -2.37. The molecule has 8 heteroatoms. The average molecular weight is 414 g/mol. The van der Waals surface area contributed by atoms with Crippen molar-refractivity contribution in [2.45, 2.75) is 45.2 Å². The van der Waals surface area contributed by atoms with E-state index in [4.69, 9.17) is 4.74 Å². The standard InChI is InChI=1S/C22H31N5O3/c1-15-5-4-9-27-18(15)13-24-21(27)22(2,3)25-19(28)17-14-26(10-8-23-17)20(29)16-6-11-30-12-7-16/h4-5,9,13,16-17,23H,6-8,10-12,14H2,1-3H3,(H,25,28)/t17-/m0/s1. The van der Waals surface area contributed by atoms with Gasteiger partial charge in [-0.3, -0.25) is 9.59 Å². The molecule has 2 aromatic heterocycles. The molecule has 2 aliphatic rings. The van der Waals surface area contributed by atoms with Crippen molar-refractivity contribution in [2.24, 2.45) is 5.92 Å². The van der Waals surface area contributed by atoms with E-state index in [0.717, 1.165) is 29.7 Å². The predicted octanol–water partition coefficient (Wildman–Crippen LogP) is 1.22. The molecule has 4 heterocycles. The van der Waals surface area contributed by atoms with Crippen molar-refractivity contribution in [3.8, 4) is 0 Å². The van der Waals surface area contributed by atoms with Gasteiger partial charge in [0.05, 0.1) is 17.3 Å². The first kappa shape index (κ1) is 20.8. The number of ether oxygens (including phenoxy) is 1. The summed E-state index contributed by atoms with van der Waals surface area (Å²) in [7, 11) is 0. The van der Waals surface area contributed by atoms with Gasteiger partial charge in [-0.25, -0.2) is 4.98 Å². The predicted molar refractivity (Wildman–Crippen MR) is 113 cm³/mol. The van der Waals surface area contributed by atoms with Gasteiger partial charge in [-0.05, 0) is 45.2 Å². The second-order valence-electron chi connectivity index (χ2n) is 8.82. The third kappa shape index (κ3) is 4.06. The Morgan fingerprint density at radius 2 is 2.07 bits per heavy atom. The summed E-state index contributed by atoms with van der Waals surface area (Å²) < 4.78 is 7.39. The number of fused-ring (bicyclic) bond motifs is 1. The smallest absolute Gasteiger partial charge is 0.239 e. The topological polar surface area (TPSA) is 88.0 Å². The number of nitrogens with one attached hydrogen (secondary N) is 2. The molecular formula is C22H31N5O3. The van der Waals surface area contributed by atoms with Crippen LogP contribution in [0.4, 0.5) is 0 Å². The van der Waals surface area contributed by atoms with Crippen LogP contribution in [0.2, 0.25) is 0 Å². The van der Waals surface area contributed by atoms with Crippen LogP contribution in [-0.2, 0) is 19.9 Å². The molecular weight excluding hydrogens is 382 g/mol. The molecule has 0 unspecified atom stereocenters. The molecule has 0 bridgehead atoms. The number of aryl methyl sites for hydroxylation is 1. The summed E-state index contributed by atoms with van der Waals surface area (Å²) in [5.41, 5.74) is 1.50. The van der Waals surface area contributed by atoms with E-state index in [2.05, 4.69) is 15.6 Å². The lowest BCUT2D eigenvalue weighted by atomic mass is 9.97. The second kappa shape index (κ2) is 8.35. The Kier molecular flexibility index (Phi) is 5.79.